The highest BCUT2D eigenvalue weighted by atomic mass is 16.5. The first-order valence-corrected chi connectivity index (χ1v) is 12.6. The van der Waals surface area contributed by atoms with Crippen LogP contribution in [-0.2, 0) is 19.0 Å². The topological polar surface area (TPSA) is 44.8 Å². The predicted octanol–water partition coefficient (Wildman–Crippen LogP) is 7.23. The summed E-state index contributed by atoms with van der Waals surface area (Å²) in [7, 11) is 0. The van der Waals surface area contributed by atoms with Crippen molar-refractivity contribution in [2.24, 2.45) is 0 Å². The predicted molar refractivity (Wildman–Crippen MR) is 122 cm³/mol. The first kappa shape index (κ1) is 28.4. The van der Waals surface area contributed by atoms with Gasteiger partial charge in [0.15, 0.2) is 0 Å². The van der Waals surface area contributed by atoms with Crippen molar-refractivity contribution in [2.75, 3.05) is 33.0 Å². The maximum absolute atomic E-state index is 11.7. The van der Waals surface area contributed by atoms with Gasteiger partial charge in [-0.3, -0.25) is 4.79 Å². The second-order valence-electron chi connectivity index (χ2n) is 8.14. The third-order valence-electron chi connectivity index (χ3n) is 5.19. The van der Waals surface area contributed by atoms with Gasteiger partial charge in [0.1, 0.15) is 0 Å². The minimum atomic E-state index is -0.0903. The molecule has 29 heavy (non-hydrogen) atoms. The quantitative estimate of drug-likeness (QED) is 0.123. The van der Waals surface area contributed by atoms with Crippen LogP contribution < -0.4 is 0 Å². The van der Waals surface area contributed by atoms with Crippen molar-refractivity contribution in [3.8, 4) is 0 Å². The molecule has 0 spiro atoms. The molecular formula is C25H50O4. The van der Waals surface area contributed by atoms with Crippen LogP contribution in [0.1, 0.15) is 123 Å². The molecule has 0 aliphatic carbocycles. The number of rotatable bonds is 24. The molecule has 0 aromatic rings. The highest BCUT2D eigenvalue weighted by Gasteiger charge is 2.02. The van der Waals surface area contributed by atoms with Crippen LogP contribution in [0, 0.1) is 0 Å². The zero-order valence-electron chi connectivity index (χ0n) is 19.7. The average molecular weight is 415 g/mol. The van der Waals surface area contributed by atoms with Crippen LogP contribution in [0.3, 0.4) is 0 Å². The molecule has 0 aromatic heterocycles. The lowest BCUT2D eigenvalue weighted by atomic mass is 10.1. The largest absolute Gasteiger partial charge is 0.466 e. The first-order valence-electron chi connectivity index (χ1n) is 12.6. The van der Waals surface area contributed by atoms with E-state index >= 15 is 0 Å². The van der Waals surface area contributed by atoms with Gasteiger partial charge in [-0.05, 0) is 19.3 Å². The van der Waals surface area contributed by atoms with E-state index in [4.69, 9.17) is 14.2 Å². The van der Waals surface area contributed by atoms with Crippen LogP contribution >= 0.6 is 0 Å². The second-order valence-corrected chi connectivity index (χ2v) is 8.14. The van der Waals surface area contributed by atoms with Crippen LogP contribution in [0.2, 0.25) is 0 Å². The maximum Gasteiger partial charge on any atom is 0.305 e. The van der Waals surface area contributed by atoms with Crippen molar-refractivity contribution in [2.45, 2.75) is 123 Å². The van der Waals surface area contributed by atoms with Crippen LogP contribution in [0.5, 0.6) is 0 Å². The van der Waals surface area contributed by atoms with Gasteiger partial charge in [-0.15, -0.1) is 0 Å². The molecule has 0 N–H and O–H groups in total. The van der Waals surface area contributed by atoms with E-state index in [2.05, 4.69) is 13.8 Å². The Labute approximate surface area is 181 Å². The smallest absolute Gasteiger partial charge is 0.305 e. The molecule has 4 nitrogen and oxygen atoms in total. The summed E-state index contributed by atoms with van der Waals surface area (Å²) in [5, 5.41) is 0. The standard InChI is InChI=1S/C25H50O4/c1-3-5-7-8-9-10-11-12-13-14-15-17-22-29-25(26)19-18-21-28-24-23-27-20-16-6-4-2/h3-24H2,1-2H3. The Hall–Kier alpha value is -0.610. The van der Waals surface area contributed by atoms with Crippen LogP contribution in [0.25, 0.3) is 0 Å². The Morgan fingerprint density at radius 1 is 0.483 bits per heavy atom. The normalized spacial score (nSPS) is 11.1. The molecule has 0 amide bonds. The van der Waals surface area contributed by atoms with Crippen molar-refractivity contribution in [3.05, 3.63) is 0 Å². The van der Waals surface area contributed by atoms with Crippen LogP contribution in [0.4, 0.5) is 0 Å². The third-order valence-corrected chi connectivity index (χ3v) is 5.19. The molecule has 0 atom stereocenters. The van der Waals surface area contributed by atoms with Gasteiger partial charge in [-0.2, -0.15) is 0 Å². The van der Waals surface area contributed by atoms with Crippen LogP contribution in [-0.4, -0.2) is 39.0 Å². The molecule has 0 radical (unpaired) electrons. The Morgan fingerprint density at radius 2 is 0.897 bits per heavy atom. The zero-order chi connectivity index (χ0) is 21.3. The SMILES string of the molecule is CCCCCCCCCCCCCCOC(=O)CCCOCCOCCCCC. The fourth-order valence-corrected chi connectivity index (χ4v) is 3.30. The highest BCUT2D eigenvalue weighted by Crippen LogP contribution is 2.12. The van der Waals surface area contributed by atoms with Crippen molar-refractivity contribution in [3.63, 3.8) is 0 Å². The Morgan fingerprint density at radius 3 is 1.45 bits per heavy atom. The highest BCUT2D eigenvalue weighted by molar-refractivity contribution is 5.69. The van der Waals surface area contributed by atoms with Gasteiger partial charge in [-0.1, -0.05) is 97.3 Å². The summed E-state index contributed by atoms with van der Waals surface area (Å²) in [5.74, 6) is -0.0903. The van der Waals surface area contributed by atoms with Crippen molar-refractivity contribution >= 4 is 5.97 Å². The third kappa shape index (κ3) is 25.4. The van der Waals surface area contributed by atoms with Gasteiger partial charge in [0.05, 0.1) is 19.8 Å². The van der Waals surface area contributed by atoms with E-state index in [0.717, 1.165) is 25.9 Å². The minimum absolute atomic E-state index is 0.0903. The molecule has 0 aliphatic heterocycles. The summed E-state index contributed by atoms with van der Waals surface area (Å²) in [4.78, 5) is 11.7. The summed E-state index contributed by atoms with van der Waals surface area (Å²) in [5.41, 5.74) is 0. The minimum Gasteiger partial charge on any atom is -0.466 e. The fourth-order valence-electron chi connectivity index (χ4n) is 3.30. The Kier molecular flexibility index (Phi) is 24.9. The maximum atomic E-state index is 11.7. The molecule has 0 rings (SSSR count). The van der Waals surface area contributed by atoms with E-state index in [1.54, 1.807) is 0 Å². The van der Waals surface area contributed by atoms with Gasteiger partial charge >= 0.3 is 5.97 Å². The number of unbranched alkanes of at least 4 members (excludes halogenated alkanes) is 13. The van der Waals surface area contributed by atoms with Crippen molar-refractivity contribution < 1.29 is 19.0 Å². The van der Waals surface area contributed by atoms with Gasteiger partial charge in [0, 0.05) is 19.6 Å². The number of carbonyl (C=O) groups excluding carboxylic acids is 1. The molecule has 0 saturated heterocycles. The van der Waals surface area contributed by atoms with E-state index in [9.17, 15) is 4.79 Å². The lowest BCUT2D eigenvalue weighted by Crippen LogP contribution is -2.09. The molecule has 4 heteroatoms. The summed E-state index contributed by atoms with van der Waals surface area (Å²) < 4.78 is 16.3. The summed E-state index contributed by atoms with van der Waals surface area (Å²) in [6.07, 6.45) is 20.6. The summed E-state index contributed by atoms with van der Waals surface area (Å²) >= 11 is 0. The Balaban J connectivity index is 3.13. The molecule has 0 saturated carbocycles. The monoisotopic (exact) mass is 414 g/mol. The molecular weight excluding hydrogens is 364 g/mol. The van der Waals surface area contributed by atoms with E-state index in [-0.39, 0.29) is 5.97 Å². The number of esters is 1. The average Bonchev–Trinajstić information content (AvgIpc) is 2.72. The van der Waals surface area contributed by atoms with Crippen molar-refractivity contribution in [1.82, 2.24) is 0 Å². The van der Waals surface area contributed by atoms with E-state index in [1.807, 2.05) is 0 Å². The lowest BCUT2D eigenvalue weighted by molar-refractivity contribution is -0.144. The summed E-state index contributed by atoms with van der Waals surface area (Å²) in [6, 6.07) is 0. The zero-order valence-corrected chi connectivity index (χ0v) is 19.7. The van der Waals surface area contributed by atoms with Gasteiger partial charge in [0.25, 0.3) is 0 Å². The molecule has 0 heterocycles. The molecule has 0 aromatic carbocycles. The number of hydrogen-bond acceptors (Lipinski definition) is 4. The number of ether oxygens (including phenoxy) is 3. The second kappa shape index (κ2) is 25.4. The van der Waals surface area contributed by atoms with Crippen LogP contribution in [0.15, 0.2) is 0 Å². The first-order chi connectivity index (χ1) is 14.3. The number of carbonyl (C=O) groups is 1. The molecule has 0 bridgehead atoms. The fraction of sp³-hybridized carbons (Fsp3) is 0.960. The molecule has 0 aliphatic rings. The Bertz CT molecular complexity index is 320. The molecule has 0 unspecified atom stereocenters. The van der Waals surface area contributed by atoms with E-state index in [0.29, 0.717) is 32.8 Å². The lowest BCUT2D eigenvalue weighted by Gasteiger charge is -2.07. The van der Waals surface area contributed by atoms with Gasteiger partial charge in [0.2, 0.25) is 0 Å². The van der Waals surface area contributed by atoms with Crippen molar-refractivity contribution in [1.29, 1.82) is 0 Å². The molecule has 174 valence electrons. The number of hydrogen-bond donors (Lipinski definition) is 0. The van der Waals surface area contributed by atoms with E-state index < -0.39 is 0 Å². The summed E-state index contributed by atoms with van der Waals surface area (Å²) in [6.45, 7) is 7.71. The van der Waals surface area contributed by atoms with Gasteiger partial charge < -0.3 is 14.2 Å². The van der Waals surface area contributed by atoms with Gasteiger partial charge in [-0.25, -0.2) is 0 Å². The molecule has 0 fully saturated rings. The van der Waals surface area contributed by atoms with E-state index in [1.165, 1.54) is 83.5 Å².